The molecular weight excluding hydrogens is 292 g/mol. The van der Waals surface area contributed by atoms with Crippen LogP contribution < -0.4 is 5.32 Å². The first-order valence-corrected chi connectivity index (χ1v) is 7.65. The van der Waals surface area contributed by atoms with Crippen molar-refractivity contribution in [2.45, 2.75) is 44.3 Å². The number of hydrogen-bond acceptors (Lipinski definition) is 5. The van der Waals surface area contributed by atoms with E-state index < -0.39 is 18.2 Å². The van der Waals surface area contributed by atoms with Crippen LogP contribution in [0.25, 0.3) is 0 Å². The molecule has 2 heterocycles. The molecule has 1 aromatic heterocycles. The molecule has 2 atom stereocenters. The van der Waals surface area contributed by atoms with Crippen molar-refractivity contribution in [3.8, 4) is 6.07 Å². The molecule has 0 spiro atoms. The second-order valence-corrected chi connectivity index (χ2v) is 6.30. The predicted molar refractivity (Wildman–Crippen MR) is 75.2 cm³/mol. The van der Waals surface area contributed by atoms with E-state index in [1.165, 1.54) is 11.3 Å². The van der Waals surface area contributed by atoms with Crippen LogP contribution in [-0.4, -0.2) is 29.2 Å². The second kappa shape index (κ2) is 5.47. The number of thiophene rings is 1. The number of nitrogens with zero attached hydrogens (tertiary/aromatic N) is 1. The number of anilines is 1. The summed E-state index contributed by atoms with van der Waals surface area (Å²) in [6.45, 7) is 0. The summed E-state index contributed by atoms with van der Waals surface area (Å²) in [6.07, 6.45) is 1.93. The molecule has 0 radical (unpaired) electrons. The van der Waals surface area contributed by atoms with Gasteiger partial charge in [0.2, 0.25) is 0 Å². The number of aryl methyl sites for hydroxylation is 1. The molecule has 0 aromatic carbocycles. The summed E-state index contributed by atoms with van der Waals surface area (Å²) in [6, 6.07) is 2.16. The number of fused-ring (bicyclic) bond motifs is 1. The molecule has 110 valence electrons. The summed E-state index contributed by atoms with van der Waals surface area (Å²) < 4.78 is 5.22. The lowest BCUT2D eigenvalue weighted by molar-refractivity contribution is -0.150. The number of rotatable bonds is 3. The fraction of sp³-hybridized carbons (Fsp3) is 0.500. The topological polar surface area (TPSA) is 99.4 Å². The van der Waals surface area contributed by atoms with Gasteiger partial charge in [-0.05, 0) is 37.7 Å². The van der Waals surface area contributed by atoms with Crippen LogP contribution in [0.2, 0.25) is 0 Å². The van der Waals surface area contributed by atoms with Gasteiger partial charge >= 0.3 is 5.97 Å². The van der Waals surface area contributed by atoms with Crippen molar-refractivity contribution in [1.82, 2.24) is 0 Å². The monoisotopic (exact) mass is 306 g/mol. The van der Waals surface area contributed by atoms with Crippen molar-refractivity contribution < 1.29 is 19.4 Å². The molecule has 1 aliphatic carbocycles. The summed E-state index contributed by atoms with van der Waals surface area (Å²) in [5, 5.41) is 21.4. The average Bonchev–Trinajstić information content (AvgIpc) is 3.13. The Balaban J connectivity index is 1.72. The molecule has 1 saturated heterocycles. The van der Waals surface area contributed by atoms with E-state index in [0.29, 0.717) is 23.4 Å². The minimum atomic E-state index is -1.04. The molecule has 0 unspecified atom stereocenters. The Morgan fingerprint density at radius 2 is 2.10 bits per heavy atom. The molecule has 6 nitrogen and oxygen atoms in total. The van der Waals surface area contributed by atoms with Crippen LogP contribution in [0.5, 0.6) is 0 Å². The highest BCUT2D eigenvalue weighted by atomic mass is 32.1. The summed E-state index contributed by atoms with van der Waals surface area (Å²) >= 11 is 1.44. The van der Waals surface area contributed by atoms with Crippen molar-refractivity contribution in [3.05, 3.63) is 16.0 Å². The lowest BCUT2D eigenvalue weighted by atomic mass is 10.1. The van der Waals surface area contributed by atoms with E-state index in [1.54, 1.807) is 0 Å². The van der Waals surface area contributed by atoms with Crippen molar-refractivity contribution >= 4 is 28.2 Å². The van der Waals surface area contributed by atoms with Crippen LogP contribution in [0.1, 0.15) is 35.3 Å². The third kappa shape index (κ3) is 2.52. The number of carboxylic acids is 1. The number of carbonyl (C=O) groups excluding carboxylic acids is 1. The Labute approximate surface area is 125 Å². The normalized spacial score (nSPS) is 23.6. The van der Waals surface area contributed by atoms with Gasteiger partial charge in [-0.25, -0.2) is 4.79 Å². The number of hydrogen-bond donors (Lipinski definition) is 2. The van der Waals surface area contributed by atoms with Gasteiger partial charge in [0.05, 0.1) is 5.56 Å². The number of ether oxygens (including phenoxy) is 1. The van der Waals surface area contributed by atoms with Crippen molar-refractivity contribution in [2.24, 2.45) is 0 Å². The van der Waals surface area contributed by atoms with Gasteiger partial charge in [-0.3, -0.25) is 4.79 Å². The molecule has 0 bridgehead atoms. The number of aliphatic carboxylic acids is 1. The van der Waals surface area contributed by atoms with E-state index in [1.807, 2.05) is 0 Å². The zero-order chi connectivity index (χ0) is 15.0. The lowest BCUT2D eigenvalue weighted by Gasteiger charge is -2.11. The summed E-state index contributed by atoms with van der Waals surface area (Å²) in [5.41, 5.74) is 1.60. The van der Waals surface area contributed by atoms with Gasteiger partial charge in [-0.1, -0.05) is 0 Å². The first kappa shape index (κ1) is 14.0. The Hall–Kier alpha value is -1.91. The van der Waals surface area contributed by atoms with E-state index in [4.69, 9.17) is 9.84 Å². The van der Waals surface area contributed by atoms with Crippen molar-refractivity contribution in [2.75, 3.05) is 5.32 Å². The number of carboxylic acid groups (broad SMARTS) is 1. The number of nitrogens with one attached hydrogen (secondary N) is 1. The van der Waals surface area contributed by atoms with Crippen LogP contribution >= 0.6 is 11.3 Å². The van der Waals surface area contributed by atoms with E-state index >= 15 is 0 Å². The van der Waals surface area contributed by atoms with Crippen molar-refractivity contribution in [1.29, 1.82) is 5.26 Å². The third-order valence-corrected chi connectivity index (χ3v) is 5.06. The zero-order valence-corrected chi connectivity index (χ0v) is 12.0. The number of nitriles is 1. The largest absolute Gasteiger partial charge is 0.479 e. The molecule has 1 aliphatic heterocycles. The van der Waals surface area contributed by atoms with Gasteiger partial charge in [0, 0.05) is 4.88 Å². The summed E-state index contributed by atoms with van der Waals surface area (Å²) in [5.74, 6) is -1.41. The Morgan fingerprint density at radius 1 is 1.33 bits per heavy atom. The Kier molecular flexibility index (Phi) is 3.66. The Morgan fingerprint density at radius 3 is 2.76 bits per heavy atom. The molecule has 7 heteroatoms. The van der Waals surface area contributed by atoms with Crippen LogP contribution in [0, 0.1) is 11.3 Å². The van der Waals surface area contributed by atoms with Gasteiger partial charge in [0.25, 0.3) is 5.91 Å². The van der Waals surface area contributed by atoms with Gasteiger partial charge in [-0.2, -0.15) is 5.26 Å². The zero-order valence-electron chi connectivity index (χ0n) is 11.2. The van der Waals surface area contributed by atoms with E-state index in [9.17, 15) is 14.9 Å². The fourth-order valence-electron chi connectivity index (χ4n) is 2.81. The molecule has 2 N–H and O–H groups in total. The second-order valence-electron chi connectivity index (χ2n) is 5.19. The van der Waals surface area contributed by atoms with Crippen molar-refractivity contribution in [3.63, 3.8) is 0 Å². The van der Waals surface area contributed by atoms with Gasteiger partial charge in [0.15, 0.2) is 6.10 Å². The number of amides is 1. The maximum absolute atomic E-state index is 12.1. The van der Waals surface area contributed by atoms with E-state index in [2.05, 4.69) is 11.4 Å². The molecule has 3 rings (SSSR count). The predicted octanol–water partition coefficient (Wildman–Crippen LogP) is 1.68. The molecule has 2 aliphatic rings. The maximum atomic E-state index is 12.1. The Bertz CT molecular complexity index is 646. The highest BCUT2D eigenvalue weighted by molar-refractivity contribution is 7.16. The number of carbonyl (C=O) groups is 2. The highest BCUT2D eigenvalue weighted by Gasteiger charge is 2.35. The third-order valence-electron chi connectivity index (χ3n) is 3.86. The molecule has 21 heavy (non-hydrogen) atoms. The summed E-state index contributed by atoms with van der Waals surface area (Å²) in [4.78, 5) is 24.1. The van der Waals surface area contributed by atoms with Crippen LogP contribution in [0.15, 0.2) is 0 Å². The van der Waals surface area contributed by atoms with Crippen LogP contribution in [0.3, 0.4) is 0 Å². The highest BCUT2D eigenvalue weighted by Crippen LogP contribution is 2.38. The summed E-state index contributed by atoms with van der Waals surface area (Å²) in [7, 11) is 0. The molecule has 1 amide bonds. The van der Waals surface area contributed by atoms with E-state index in [0.717, 1.165) is 29.7 Å². The SMILES string of the molecule is N#Cc1c(NC(=O)[C@@H]2CC[C@H](C(=O)O)O2)sc2c1CCC2. The minimum Gasteiger partial charge on any atom is -0.479 e. The quantitative estimate of drug-likeness (QED) is 0.885. The first-order valence-electron chi connectivity index (χ1n) is 6.84. The minimum absolute atomic E-state index is 0.333. The fourth-order valence-corrected chi connectivity index (χ4v) is 4.06. The smallest absolute Gasteiger partial charge is 0.332 e. The van der Waals surface area contributed by atoms with Gasteiger partial charge in [0.1, 0.15) is 17.2 Å². The first-order chi connectivity index (χ1) is 10.1. The van der Waals surface area contributed by atoms with E-state index in [-0.39, 0.29) is 5.91 Å². The molecular formula is C14H14N2O4S. The van der Waals surface area contributed by atoms with Gasteiger partial charge in [-0.15, -0.1) is 11.3 Å². The van der Waals surface area contributed by atoms with Crippen LogP contribution in [0.4, 0.5) is 5.00 Å². The van der Waals surface area contributed by atoms with Gasteiger partial charge < -0.3 is 15.2 Å². The maximum Gasteiger partial charge on any atom is 0.332 e. The molecule has 1 fully saturated rings. The molecule has 0 saturated carbocycles. The average molecular weight is 306 g/mol. The molecule has 1 aromatic rings. The standard InChI is InChI=1S/C14H14N2O4S/c15-6-8-7-2-1-3-11(7)21-13(8)16-12(17)9-4-5-10(20-9)14(18)19/h9-10H,1-5H2,(H,16,17)(H,18,19)/t9-,10+/m0/s1. The lowest BCUT2D eigenvalue weighted by Crippen LogP contribution is -2.29. The van der Waals surface area contributed by atoms with Crippen LogP contribution in [-0.2, 0) is 27.2 Å².